The van der Waals surface area contributed by atoms with Gasteiger partial charge >= 0.3 is 0 Å². The van der Waals surface area contributed by atoms with Crippen molar-refractivity contribution < 1.29 is 0 Å². The second-order valence-electron chi connectivity index (χ2n) is 3.54. The van der Waals surface area contributed by atoms with E-state index in [4.69, 9.17) is 0 Å². The van der Waals surface area contributed by atoms with Crippen molar-refractivity contribution in [1.82, 2.24) is 0 Å². The molecular formula is C15H20. The maximum absolute atomic E-state index is 3.64. The zero-order valence-corrected chi connectivity index (χ0v) is 9.74. The minimum Gasteiger partial charge on any atom is -0.103 e. The maximum Gasteiger partial charge on any atom is -0.0169 e. The molecule has 0 N–H and O–H groups in total. The van der Waals surface area contributed by atoms with E-state index in [0.717, 1.165) is 6.42 Å². The van der Waals surface area contributed by atoms with Gasteiger partial charge in [0.15, 0.2) is 0 Å². The number of hydrogen-bond acceptors (Lipinski definition) is 0. The molecule has 1 aromatic rings. The third-order valence-electron chi connectivity index (χ3n) is 1.41. The van der Waals surface area contributed by atoms with Crippen molar-refractivity contribution in [3.63, 3.8) is 0 Å². The molecule has 0 saturated heterocycles. The predicted octanol–water partition coefficient (Wildman–Crippen LogP) is 4.86. The molecule has 0 spiro atoms. The van der Waals surface area contributed by atoms with Crippen molar-refractivity contribution in [2.24, 2.45) is 0 Å². The van der Waals surface area contributed by atoms with Gasteiger partial charge in [0.25, 0.3) is 0 Å². The van der Waals surface area contributed by atoms with Gasteiger partial charge in [-0.2, -0.15) is 0 Å². The average molecular weight is 200 g/mol. The molecule has 0 aromatic heterocycles. The van der Waals surface area contributed by atoms with Crippen molar-refractivity contribution >= 4 is 6.08 Å². The van der Waals surface area contributed by atoms with Gasteiger partial charge in [0, 0.05) is 0 Å². The Kier molecular flexibility index (Phi) is 8.08. The second kappa shape index (κ2) is 9.01. The third kappa shape index (κ3) is 10.4. The molecule has 1 aromatic carbocycles. The van der Waals surface area contributed by atoms with E-state index in [1.165, 1.54) is 11.1 Å². The molecule has 0 amide bonds. The molecule has 0 heterocycles. The second-order valence-corrected chi connectivity index (χ2v) is 3.54. The van der Waals surface area contributed by atoms with Gasteiger partial charge in [-0.05, 0) is 25.8 Å². The van der Waals surface area contributed by atoms with E-state index in [1.54, 1.807) is 0 Å². The fourth-order valence-electron chi connectivity index (χ4n) is 0.864. The number of rotatable bonds is 3. The number of allylic oxidation sites excluding steroid dienone is 3. The largest absolute Gasteiger partial charge is 0.103 e. The highest BCUT2D eigenvalue weighted by Crippen LogP contribution is 2.01. The first-order chi connectivity index (χ1) is 7.16. The molecule has 0 atom stereocenters. The van der Waals surface area contributed by atoms with Gasteiger partial charge in [0.1, 0.15) is 0 Å². The van der Waals surface area contributed by atoms with Crippen LogP contribution in [0.1, 0.15) is 25.8 Å². The van der Waals surface area contributed by atoms with Crippen LogP contribution in [0.25, 0.3) is 6.08 Å². The molecule has 80 valence electrons. The number of benzene rings is 1. The SMILES string of the molecule is C=C(C)C.C=CCC=Cc1ccccc1. The summed E-state index contributed by atoms with van der Waals surface area (Å²) in [5.41, 5.74) is 2.41. The molecule has 0 bridgehead atoms. The van der Waals surface area contributed by atoms with Crippen molar-refractivity contribution in [1.29, 1.82) is 0 Å². The molecule has 0 saturated carbocycles. The summed E-state index contributed by atoms with van der Waals surface area (Å²) in [6.45, 7) is 11.1. The van der Waals surface area contributed by atoms with Gasteiger partial charge in [-0.15, -0.1) is 13.2 Å². The van der Waals surface area contributed by atoms with Crippen LogP contribution in [0, 0.1) is 0 Å². The summed E-state index contributed by atoms with van der Waals surface area (Å²) in [4.78, 5) is 0. The molecule has 0 aliphatic heterocycles. The Bertz CT molecular complexity index is 300. The van der Waals surface area contributed by atoms with Crippen LogP contribution in [0.5, 0.6) is 0 Å². The van der Waals surface area contributed by atoms with Gasteiger partial charge in [-0.3, -0.25) is 0 Å². The average Bonchev–Trinajstić information content (AvgIpc) is 2.19. The van der Waals surface area contributed by atoms with Gasteiger partial charge in [0.05, 0.1) is 0 Å². The first kappa shape index (κ1) is 13.4. The van der Waals surface area contributed by atoms with E-state index in [9.17, 15) is 0 Å². The minimum atomic E-state index is 0.939. The van der Waals surface area contributed by atoms with E-state index in [0.29, 0.717) is 0 Å². The molecule has 0 aliphatic carbocycles. The summed E-state index contributed by atoms with van der Waals surface area (Å²) in [6, 6.07) is 10.3. The summed E-state index contributed by atoms with van der Waals surface area (Å²) in [5.74, 6) is 0. The summed E-state index contributed by atoms with van der Waals surface area (Å²) in [7, 11) is 0. The lowest BCUT2D eigenvalue weighted by Crippen LogP contribution is -1.67. The van der Waals surface area contributed by atoms with Gasteiger partial charge < -0.3 is 0 Å². The highest BCUT2D eigenvalue weighted by molar-refractivity contribution is 5.48. The van der Waals surface area contributed by atoms with Gasteiger partial charge in [0.2, 0.25) is 0 Å². The van der Waals surface area contributed by atoms with Crippen molar-refractivity contribution in [3.05, 3.63) is 66.8 Å². The normalized spacial score (nSPS) is 9.20. The molecule has 1 rings (SSSR count). The third-order valence-corrected chi connectivity index (χ3v) is 1.41. The van der Waals surface area contributed by atoms with Crippen LogP contribution in [0.2, 0.25) is 0 Å². The van der Waals surface area contributed by atoms with Crippen LogP contribution in [0.4, 0.5) is 0 Å². The Morgan fingerprint density at radius 3 is 2.20 bits per heavy atom. The van der Waals surface area contributed by atoms with Crippen LogP contribution in [-0.4, -0.2) is 0 Å². The molecule has 0 nitrogen and oxygen atoms in total. The quantitative estimate of drug-likeness (QED) is 0.611. The lowest BCUT2D eigenvalue weighted by Gasteiger charge is -1.88. The Morgan fingerprint density at radius 2 is 1.73 bits per heavy atom. The highest BCUT2D eigenvalue weighted by Gasteiger charge is 1.79. The van der Waals surface area contributed by atoms with Crippen LogP contribution in [0.15, 0.2) is 61.2 Å². The standard InChI is InChI=1S/C11H12.C4H8/c1-2-3-5-8-11-9-6-4-7-10-11;1-4(2)3/h2,4-10H,1,3H2;1H2,2-3H3. The van der Waals surface area contributed by atoms with Crippen molar-refractivity contribution in [2.75, 3.05) is 0 Å². The number of hydrogen-bond donors (Lipinski definition) is 0. The smallest absolute Gasteiger partial charge is 0.0169 e. The van der Waals surface area contributed by atoms with Crippen molar-refractivity contribution in [2.45, 2.75) is 20.3 Å². The minimum absolute atomic E-state index is 0.939. The van der Waals surface area contributed by atoms with E-state index in [2.05, 4.69) is 37.4 Å². The fraction of sp³-hybridized carbons (Fsp3) is 0.200. The Morgan fingerprint density at radius 1 is 1.20 bits per heavy atom. The summed E-state index contributed by atoms with van der Waals surface area (Å²) in [6.07, 6.45) is 7.03. The first-order valence-electron chi connectivity index (χ1n) is 5.11. The van der Waals surface area contributed by atoms with E-state index >= 15 is 0 Å². The van der Waals surface area contributed by atoms with Crippen molar-refractivity contribution in [3.8, 4) is 0 Å². The first-order valence-corrected chi connectivity index (χ1v) is 5.11. The van der Waals surface area contributed by atoms with E-state index < -0.39 is 0 Å². The molecule has 0 aliphatic rings. The molecular weight excluding hydrogens is 180 g/mol. The summed E-state index contributed by atoms with van der Waals surface area (Å²) < 4.78 is 0. The molecule has 0 heteroatoms. The Hall–Kier alpha value is -1.56. The lowest BCUT2D eigenvalue weighted by atomic mass is 10.2. The van der Waals surface area contributed by atoms with Gasteiger partial charge in [-0.25, -0.2) is 0 Å². The predicted molar refractivity (Wildman–Crippen MR) is 70.8 cm³/mol. The lowest BCUT2D eigenvalue weighted by molar-refractivity contribution is 1.42. The Balaban J connectivity index is 0.000000423. The zero-order chi connectivity index (χ0) is 11.5. The summed E-state index contributed by atoms with van der Waals surface area (Å²) >= 11 is 0. The summed E-state index contributed by atoms with van der Waals surface area (Å²) in [5, 5.41) is 0. The van der Waals surface area contributed by atoms with Gasteiger partial charge in [-0.1, -0.05) is 54.1 Å². The van der Waals surface area contributed by atoms with Crippen LogP contribution >= 0.6 is 0 Å². The zero-order valence-electron chi connectivity index (χ0n) is 9.74. The molecule has 0 radical (unpaired) electrons. The van der Waals surface area contributed by atoms with Crippen LogP contribution in [-0.2, 0) is 0 Å². The molecule has 0 unspecified atom stereocenters. The Labute approximate surface area is 93.7 Å². The highest BCUT2D eigenvalue weighted by atomic mass is 13.9. The van der Waals surface area contributed by atoms with E-state index in [1.807, 2.05) is 38.1 Å². The molecule has 0 fully saturated rings. The fourth-order valence-corrected chi connectivity index (χ4v) is 0.864. The maximum atomic E-state index is 3.64. The van der Waals surface area contributed by atoms with Crippen LogP contribution in [0.3, 0.4) is 0 Å². The monoisotopic (exact) mass is 200 g/mol. The topological polar surface area (TPSA) is 0 Å². The van der Waals surface area contributed by atoms with E-state index in [-0.39, 0.29) is 0 Å². The molecule has 15 heavy (non-hydrogen) atoms. The van der Waals surface area contributed by atoms with Crippen LogP contribution < -0.4 is 0 Å².